The Labute approximate surface area is 170 Å². The third kappa shape index (κ3) is 3.62. The molecule has 0 saturated carbocycles. The summed E-state index contributed by atoms with van der Waals surface area (Å²) < 4.78 is 10.9. The monoisotopic (exact) mass is 393 g/mol. The summed E-state index contributed by atoms with van der Waals surface area (Å²) in [5.41, 5.74) is 0.00937. The van der Waals surface area contributed by atoms with E-state index in [2.05, 4.69) is 21.6 Å². The molecule has 6 nitrogen and oxygen atoms in total. The van der Waals surface area contributed by atoms with Crippen molar-refractivity contribution in [3.8, 4) is 0 Å². The summed E-state index contributed by atoms with van der Waals surface area (Å²) in [5.74, 6) is 1.23. The molecule has 0 bridgehead atoms. The van der Waals surface area contributed by atoms with Crippen molar-refractivity contribution < 1.29 is 14.3 Å². The molecule has 1 amide bonds. The first-order valence-electron chi connectivity index (χ1n) is 11.4. The lowest BCUT2D eigenvalue weighted by Crippen LogP contribution is -2.53. The standard InChI is InChI=1S/C22H39N3O3/c1-3-25-11-8-22(20(25)26)18-24(12-15-27-2)17-21(22)6-9-23(10-7-21)16-19-4-13-28-14-5-19/h19H,3-18H2,1-2H3/t22-/m0/s1. The molecular formula is C22H39N3O3. The largest absolute Gasteiger partial charge is 0.383 e. The van der Waals surface area contributed by atoms with Crippen LogP contribution in [0.4, 0.5) is 0 Å². The zero-order chi connectivity index (χ0) is 19.6. The minimum absolute atomic E-state index is 0.151. The van der Waals surface area contributed by atoms with Gasteiger partial charge in [0.25, 0.3) is 0 Å². The number of nitrogens with zero attached hydrogens (tertiary/aromatic N) is 3. The van der Waals surface area contributed by atoms with Gasteiger partial charge in [0, 0.05) is 65.0 Å². The van der Waals surface area contributed by atoms with Gasteiger partial charge in [0.1, 0.15) is 0 Å². The number of piperidine rings is 1. The summed E-state index contributed by atoms with van der Waals surface area (Å²) in [6.07, 6.45) is 5.80. The fourth-order valence-corrected chi connectivity index (χ4v) is 6.43. The highest BCUT2D eigenvalue weighted by molar-refractivity contribution is 5.86. The first kappa shape index (κ1) is 20.6. The second-order valence-corrected chi connectivity index (χ2v) is 9.56. The van der Waals surface area contributed by atoms with Crippen molar-refractivity contribution in [1.82, 2.24) is 14.7 Å². The summed E-state index contributed by atoms with van der Waals surface area (Å²) in [7, 11) is 1.77. The molecule has 2 spiro atoms. The second-order valence-electron chi connectivity index (χ2n) is 9.56. The lowest BCUT2D eigenvalue weighted by Gasteiger charge is -2.47. The maximum atomic E-state index is 13.5. The van der Waals surface area contributed by atoms with E-state index in [4.69, 9.17) is 9.47 Å². The van der Waals surface area contributed by atoms with E-state index in [0.29, 0.717) is 5.91 Å². The van der Waals surface area contributed by atoms with Gasteiger partial charge < -0.3 is 19.3 Å². The normalized spacial score (nSPS) is 32.2. The Morgan fingerprint density at radius 2 is 1.82 bits per heavy atom. The number of hydrogen-bond donors (Lipinski definition) is 0. The van der Waals surface area contributed by atoms with Crippen LogP contribution in [0.1, 0.15) is 39.0 Å². The number of carbonyl (C=O) groups excluding carboxylic acids is 1. The van der Waals surface area contributed by atoms with Crippen LogP contribution in [-0.4, -0.2) is 99.9 Å². The number of fused-ring (bicyclic) bond motifs is 1. The molecule has 1 atom stereocenters. The van der Waals surface area contributed by atoms with Gasteiger partial charge in [-0.1, -0.05) is 0 Å². The molecule has 0 aromatic heterocycles. The SMILES string of the molecule is CCN1CC[C@]2(CN(CCOC)CC23CCN(CC2CCOCC2)CC3)C1=O. The van der Waals surface area contributed by atoms with E-state index in [1.807, 2.05) is 0 Å². The number of carbonyl (C=O) groups is 1. The van der Waals surface area contributed by atoms with Gasteiger partial charge in [-0.3, -0.25) is 9.69 Å². The van der Waals surface area contributed by atoms with Crippen molar-refractivity contribution in [2.24, 2.45) is 16.7 Å². The Balaban J connectivity index is 1.45. The van der Waals surface area contributed by atoms with Gasteiger partial charge in [-0.15, -0.1) is 0 Å². The maximum Gasteiger partial charge on any atom is 0.230 e. The van der Waals surface area contributed by atoms with E-state index >= 15 is 0 Å². The van der Waals surface area contributed by atoms with E-state index in [1.54, 1.807) is 7.11 Å². The summed E-state index contributed by atoms with van der Waals surface area (Å²) >= 11 is 0. The first-order valence-corrected chi connectivity index (χ1v) is 11.4. The number of likely N-dealkylation sites (tertiary alicyclic amines) is 3. The molecule has 0 aromatic rings. The van der Waals surface area contributed by atoms with E-state index in [0.717, 1.165) is 78.0 Å². The van der Waals surface area contributed by atoms with Crippen LogP contribution >= 0.6 is 0 Å². The lowest BCUT2D eigenvalue weighted by atomic mass is 9.60. The molecule has 4 aliphatic rings. The van der Waals surface area contributed by atoms with E-state index < -0.39 is 0 Å². The zero-order valence-corrected chi connectivity index (χ0v) is 18.0. The zero-order valence-electron chi connectivity index (χ0n) is 18.0. The second kappa shape index (κ2) is 8.58. The molecule has 160 valence electrons. The molecule has 4 saturated heterocycles. The van der Waals surface area contributed by atoms with Crippen LogP contribution in [0.15, 0.2) is 0 Å². The Morgan fingerprint density at radius 3 is 2.46 bits per heavy atom. The lowest BCUT2D eigenvalue weighted by molar-refractivity contribution is -0.142. The average Bonchev–Trinajstić information content (AvgIpc) is 3.21. The smallest absolute Gasteiger partial charge is 0.230 e. The molecule has 4 fully saturated rings. The fraction of sp³-hybridized carbons (Fsp3) is 0.955. The third-order valence-electron chi connectivity index (χ3n) is 8.20. The average molecular weight is 394 g/mol. The molecule has 0 N–H and O–H groups in total. The van der Waals surface area contributed by atoms with Crippen molar-refractivity contribution >= 4 is 5.91 Å². The highest BCUT2D eigenvalue weighted by Crippen LogP contribution is 2.57. The van der Waals surface area contributed by atoms with Crippen LogP contribution < -0.4 is 0 Å². The van der Waals surface area contributed by atoms with Gasteiger partial charge in [-0.25, -0.2) is 0 Å². The van der Waals surface area contributed by atoms with Crippen LogP contribution in [0.5, 0.6) is 0 Å². The Kier molecular flexibility index (Phi) is 6.31. The first-order chi connectivity index (χ1) is 13.6. The molecule has 0 aromatic carbocycles. The third-order valence-corrected chi connectivity index (χ3v) is 8.20. The number of amides is 1. The Hall–Kier alpha value is -0.690. The highest BCUT2D eigenvalue weighted by atomic mass is 16.5. The quantitative estimate of drug-likeness (QED) is 0.687. The van der Waals surface area contributed by atoms with Gasteiger partial charge in [-0.2, -0.15) is 0 Å². The molecule has 0 unspecified atom stereocenters. The maximum absolute atomic E-state index is 13.5. The molecule has 0 aliphatic carbocycles. The van der Waals surface area contributed by atoms with Crippen molar-refractivity contribution in [2.45, 2.75) is 39.0 Å². The van der Waals surface area contributed by atoms with Crippen molar-refractivity contribution in [3.63, 3.8) is 0 Å². The predicted octanol–water partition coefficient (Wildman–Crippen LogP) is 1.70. The predicted molar refractivity (Wildman–Crippen MR) is 109 cm³/mol. The van der Waals surface area contributed by atoms with Gasteiger partial charge in [0.15, 0.2) is 0 Å². The number of hydrogen-bond acceptors (Lipinski definition) is 5. The van der Waals surface area contributed by atoms with Gasteiger partial charge in [0.2, 0.25) is 5.91 Å². The fourth-order valence-electron chi connectivity index (χ4n) is 6.43. The van der Waals surface area contributed by atoms with Crippen LogP contribution in [0, 0.1) is 16.7 Å². The highest BCUT2D eigenvalue weighted by Gasteiger charge is 2.64. The van der Waals surface area contributed by atoms with Gasteiger partial charge >= 0.3 is 0 Å². The molecular weight excluding hydrogens is 354 g/mol. The number of ether oxygens (including phenoxy) is 2. The Bertz CT molecular complexity index is 543. The molecule has 4 aliphatic heterocycles. The molecule has 0 radical (unpaired) electrons. The minimum atomic E-state index is -0.151. The van der Waals surface area contributed by atoms with Crippen molar-refractivity contribution in [1.29, 1.82) is 0 Å². The molecule has 6 heteroatoms. The minimum Gasteiger partial charge on any atom is -0.383 e. The van der Waals surface area contributed by atoms with E-state index in [9.17, 15) is 4.79 Å². The molecule has 4 heterocycles. The summed E-state index contributed by atoms with van der Waals surface area (Å²) in [4.78, 5) is 20.8. The van der Waals surface area contributed by atoms with Crippen LogP contribution in [-0.2, 0) is 14.3 Å². The van der Waals surface area contributed by atoms with Gasteiger partial charge in [-0.05, 0) is 58.0 Å². The van der Waals surface area contributed by atoms with Crippen LogP contribution in [0.25, 0.3) is 0 Å². The molecule has 4 rings (SSSR count). The van der Waals surface area contributed by atoms with Crippen LogP contribution in [0.2, 0.25) is 0 Å². The topological polar surface area (TPSA) is 45.2 Å². The number of methoxy groups -OCH3 is 1. The van der Waals surface area contributed by atoms with E-state index in [1.165, 1.54) is 32.2 Å². The summed E-state index contributed by atoms with van der Waals surface area (Å²) in [6.45, 7) is 13.0. The Morgan fingerprint density at radius 1 is 1.07 bits per heavy atom. The number of rotatable bonds is 6. The summed E-state index contributed by atoms with van der Waals surface area (Å²) in [5, 5.41) is 0. The molecule has 28 heavy (non-hydrogen) atoms. The van der Waals surface area contributed by atoms with Crippen molar-refractivity contribution in [3.05, 3.63) is 0 Å². The summed E-state index contributed by atoms with van der Waals surface area (Å²) in [6, 6.07) is 0. The van der Waals surface area contributed by atoms with E-state index in [-0.39, 0.29) is 10.8 Å². The van der Waals surface area contributed by atoms with Gasteiger partial charge in [0.05, 0.1) is 12.0 Å². The van der Waals surface area contributed by atoms with Crippen molar-refractivity contribution in [2.75, 3.05) is 79.3 Å². The van der Waals surface area contributed by atoms with Crippen LogP contribution in [0.3, 0.4) is 0 Å².